The van der Waals surface area contributed by atoms with Crippen molar-refractivity contribution < 1.29 is 26.7 Å². The van der Waals surface area contributed by atoms with Crippen LogP contribution in [0.4, 0.5) is 14.6 Å². The Bertz CT molecular complexity index is 1380. The average Bonchev–Trinajstić information content (AvgIpc) is 3.34. The zero-order valence-corrected chi connectivity index (χ0v) is 22.0. The van der Waals surface area contributed by atoms with Crippen molar-refractivity contribution in [2.24, 2.45) is 5.92 Å². The molecule has 11 heteroatoms. The van der Waals surface area contributed by atoms with Gasteiger partial charge in [0.1, 0.15) is 17.5 Å². The Morgan fingerprint density at radius 1 is 1.18 bits per heavy atom. The van der Waals surface area contributed by atoms with Crippen molar-refractivity contribution >= 4 is 21.7 Å². The first-order chi connectivity index (χ1) is 18.1. The summed E-state index contributed by atoms with van der Waals surface area (Å²) in [4.78, 5) is 13.5. The average molecular weight is 547 g/mol. The highest BCUT2D eigenvalue weighted by atomic mass is 32.2. The van der Waals surface area contributed by atoms with E-state index in [1.807, 2.05) is 24.3 Å². The second kappa shape index (κ2) is 10.3. The van der Waals surface area contributed by atoms with Gasteiger partial charge in [-0.15, -0.1) is 5.10 Å². The minimum Gasteiger partial charge on any atom is -0.382 e. The smallest absolute Gasteiger partial charge is 0.257 e. The van der Waals surface area contributed by atoms with Crippen LogP contribution in [0.15, 0.2) is 48.7 Å². The fourth-order valence-electron chi connectivity index (χ4n) is 5.91. The predicted octanol–water partition coefficient (Wildman–Crippen LogP) is 3.95. The number of sulfonamides is 1. The third kappa shape index (κ3) is 4.71. The van der Waals surface area contributed by atoms with Crippen molar-refractivity contribution in [3.63, 3.8) is 0 Å². The van der Waals surface area contributed by atoms with Gasteiger partial charge in [-0.05, 0) is 57.1 Å². The second-order valence-electron chi connectivity index (χ2n) is 10.4. The SMILES string of the molecule is C[C@H]1CC[C@H](C2C=CC=CC2)S(=O)(=O)N1Cc1cc(F)c(C2(C(=O)n3ccc(N)n3)CCOCC2)cc1F. The Morgan fingerprint density at radius 2 is 1.95 bits per heavy atom. The molecule has 1 aromatic carbocycles. The zero-order chi connectivity index (χ0) is 27.1. The van der Waals surface area contributed by atoms with Crippen molar-refractivity contribution in [1.82, 2.24) is 14.1 Å². The number of hydrogen-bond donors (Lipinski definition) is 1. The summed E-state index contributed by atoms with van der Waals surface area (Å²) >= 11 is 0. The molecule has 38 heavy (non-hydrogen) atoms. The number of carbonyl (C=O) groups excluding carboxylic acids is 1. The van der Waals surface area contributed by atoms with Crippen LogP contribution in [-0.2, 0) is 26.7 Å². The molecular formula is C27H32F2N4O4S. The van der Waals surface area contributed by atoms with Crippen molar-refractivity contribution in [3.8, 4) is 0 Å². The molecule has 1 aromatic heterocycles. The van der Waals surface area contributed by atoms with Crippen LogP contribution in [-0.4, -0.2) is 52.9 Å². The molecule has 0 saturated carbocycles. The number of halogens is 2. The third-order valence-corrected chi connectivity index (χ3v) is 10.6. The van der Waals surface area contributed by atoms with Crippen LogP contribution in [0.5, 0.6) is 0 Å². The molecule has 2 fully saturated rings. The number of nitrogens with two attached hydrogens (primary N) is 1. The molecule has 2 saturated heterocycles. The van der Waals surface area contributed by atoms with Gasteiger partial charge in [0.25, 0.3) is 5.91 Å². The lowest BCUT2D eigenvalue weighted by Gasteiger charge is -2.40. The van der Waals surface area contributed by atoms with Gasteiger partial charge >= 0.3 is 0 Å². The topological polar surface area (TPSA) is 108 Å². The number of nitrogens with zero attached hydrogens (tertiary/aromatic N) is 3. The van der Waals surface area contributed by atoms with E-state index in [9.17, 15) is 13.2 Å². The van der Waals surface area contributed by atoms with Crippen LogP contribution in [0.3, 0.4) is 0 Å². The molecule has 2 aromatic rings. The van der Waals surface area contributed by atoms with Gasteiger partial charge in [0, 0.05) is 49.2 Å². The maximum atomic E-state index is 15.8. The molecule has 1 unspecified atom stereocenters. The molecule has 3 atom stereocenters. The number of hydrogen-bond acceptors (Lipinski definition) is 6. The largest absolute Gasteiger partial charge is 0.382 e. The van der Waals surface area contributed by atoms with Crippen LogP contribution < -0.4 is 5.73 Å². The Labute approximate surface area is 221 Å². The number of benzene rings is 1. The second-order valence-corrected chi connectivity index (χ2v) is 12.5. The summed E-state index contributed by atoms with van der Waals surface area (Å²) in [5.74, 6) is -2.06. The summed E-state index contributed by atoms with van der Waals surface area (Å²) in [5, 5.41) is 3.36. The maximum absolute atomic E-state index is 15.8. The molecule has 0 bridgehead atoms. The van der Waals surface area contributed by atoms with Gasteiger partial charge in [0.15, 0.2) is 0 Å². The molecule has 0 spiro atoms. The first-order valence-corrected chi connectivity index (χ1v) is 14.4. The van der Waals surface area contributed by atoms with Gasteiger partial charge in [-0.25, -0.2) is 21.9 Å². The molecule has 1 aliphatic carbocycles. The molecule has 0 radical (unpaired) electrons. The third-order valence-electron chi connectivity index (χ3n) is 8.11. The minimum atomic E-state index is -3.77. The Morgan fingerprint density at radius 3 is 2.61 bits per heavy atom. The van der Waals surface area contributed by atoms with E-state index in [0.29, 0.717) is 19.3 Å². The Balaban J connectivity index is 1.47. The van der Waals surface area contributed by atoms with Gasteiger partial charge in [0.05, 0.1) is 10.7 Å². The lowest BCUT2D eigenvalue weighted by atomic mass is 9.72. The monoisotopic (exact) mass is 546 g/mol. The lowest BCUT2D eigenvalue weighted by molar-refractivity contribution is 0.0345. The van der Waals surface area contributed by atoms with Crippen molar-refractivity contribution in [2.45, 2.75) is 62.3 Å². The van der Waals surface area contributed by atoms with E-state index >= 15 is 8.78 Å². The van der Waals surface area contributed by atoms with Gasteiger partial charge in [-0.3, -0.25) is 4.79 Å². The fourth-order valence-corrected chi connectivity index (χ4v) is 8.26. The van der Waals surface area contributed by atoms with E-state index in [1.54, 1.807) is 6.92 Å². The first-order valence-electron chi connectivity index (χ1n) is 12.9. The molecule has 204 valence electrons. The van der Waals surface area contributed by atoms with Gasteiger partial charge in [-0.2, -0.15) is 4.31 Å². The van der Waals surface area contributed by atoms with Crippen molar-refractivity contribution in [1.29, 1.82) is 0 Å². The summed E-state index contributed by atoms with van der Waals surface area (Å²) < 4.78 is 66.4. The summed E-state index contributed by atoms with van der Waals surface area (Å²) in [6.07, 6.45) is 11.1. The Kier molecular flexibility index (Phi) is 7.27. The zero-order valence-electron chi connectivity index (χ0n) is 21.2. The molecule has 2 N–H and O–H groups in total. The van der Waals surface area contributed by atoms with E-state index in [-0.39, 0.29) is 61.5 Å². The standard InChI is InChI=1S/C27H32F2N4O4S/c1-18-7-8-24(19-5-3-2-4-6-19)38(35,36)33(18)17-20-15-23(29)21(16-22(20)28)27(10-13-37-14-11-27)26(34)32-12-9-25(30)31-32/h2-5,9,12,15-16,18-19,24H,6-8,10-11,13-14,17H2,1H3,(H2,30,31)/t18-,19?,24+/m0/s1. The van der Waals surface area contributed by atoms with E-state index in [1.165, 1.54) is 16.6 Å². The van der Waals surface area contributed by atoms with Crippen molar-refractivity contribution in [2.75, 3.05) is 18.9 Å². The molecule has 0 amide bonds. The van der Waals surface area contributed by atoms with E-state index < -0.39 is 38.2 Å². The fraction of sp³-hybridized carbons (Fsp3) is 0.481. The summed E-state index contributed by atoms with van der Waals surface area (Å²) in [6.45, 7) is 1.90. The van der Waals surface area contributed by atoms with Crippen LogP contribution in [0.1, 0.15) is 54.9 Å². The predicted molar refractivity (Wildman–Crippen MR) is 139 cm³/mol. The highest BCUT2D eigenvalue weighted by molar-refractivity contribution is 7.89. The summed E-state index contributed by atoms with van der Waals surface area (Å²) in [5.41, 5.74) is 4.12. The number of nitrogen functional groups attached to an aromatic ring is 1. The van der Waals surface area contributed by atoms with Crippen molar-refractivity contribution in [3.05, 3.63) is 71.5 Å². The number of aromatic nitrogens is 2. The van der Waals surface area contributed by atoms with E-state index in [2.05, 4.69) is 5.10 Å². The molecule has 8 nitrogen and oxygen atoms in total. The van der Waals surface area contributed by atoms with Crippen LogP contribution >= 0.6 is 0 Å². The quantitative estimate of drug-likeness (QED) is 0.609. The van der Waals surface area contributed by atoms with Gasteiger partial charge in [-0.1, -0.05) is 24.3 Å². The number of carbonyl (C=O) groups is 1. The summed E-state index contributed by atoms with van der Waals surface area (Å²) in [7, 11) is -3.77. The highest BCUT2D eigenvalue weighted by Gasteiger charge is 2.46. The number of allylic oxidation sites excluding steroid dienone is 4. The van der Waals surface area contributed by atoms with Gasteiger partial charge < -0.3 is 10.5 Å². The van der Waals surface area contributed by atoms with E-state index in [0.717, 1.165) is 16.8 Å². The van der Waals surface area contributed by atoms with Gasteiger partial charge in [0.2, 0.25) is 10.0 Å². The molecule has 3 heterocycles. The van der Waals surface area contributed by atoms with Crippen LogP contribution in [0.2, 0.25) is 0 Å². The Hall–Kier alpha value is -2.89. The molecular weight excluding hydrogens is 514 g/mol. The number of anilines is 1. The molecule has 3 aliphatic rings. The highest BCUT2D eigenvalue weighted by Crippen LogP contribution is 2.40. The lowest BCUT2D eigenvalue weighted by Crippen LogP contribution is -2.50. The number of rotatable bonds is 5. The van der Waals surface area contributed by atoms with E-state index in [4.69, 9.17) is 10.5 Å². The molecule has 2 aliphatic heterocycles. The minimum absolute atomic E-state index is 0.0700. The van der Waals surface area contributed by atoms with Crippen LogP contribution in [0.25, 0.3) is 0 Å². The molecule has 5 rings (SSSR count). The normalized spacial score (nSPS) is 26.9. The summed E-state index contributed by atoms with van der Waals surface area (Å²) in [6, 6.07) is 3.17. The van der Waals surface area contributed by atoms with Crippen LogP contribution in [0, 0.1) is 17.6 Å². The number of ether oxygens (including phenoxy) is 1. The first kappa shape index (κ1) is 26.7. The maximum Gasteiger partial charge on any atom is 0.257 e.